The summed E-state index contributed by atoms with van der Waals surface area (Å²) in [6.07, 6.45) is 0. The molecule has 0 heterocycles. The van der Waals surface area contributed by atoms with Crippen LogP contribution in [0.1, 0.15) is 28.4 Å². The molecule has 0 aliphatic heterocycles. The van der Waals surface area contributed by atoms with Gasteiger partial charge in [-0.25, -0.2) is 0 Å². The van der Waals surface area contributed by atoms with Crippen LogP contribution in [0.2, 0.25) is 0 Å². The number of benzene rings is 1. The van der Waals surface area contributed by atoms with Gasteiger partial charge in [0.15, 0.2) is 5.78 Å². The summed E-state index contributed by atoms with van der Waals surface area (Å²) in [5.41, 5.74) is 2.86. The smallest absolute Gasteiger partial charge is 0.315 e. The fourth-order valence-corrected chi connectivity index (χ4v) is 2.33. The van der Waals surface area contributed by atoms with Crippen molar-refractivity contribution in [2.45, 2.75) is 20.8 Å². The van der Waals surface area contributed by atoms with Crippen LogP contribution in [-0.4, -0.2) is 29.9 Å². The van der Waals surface area contributed by atoms with Crippen molar-refractivity contribution in [3.8, 4) is 0 Å². The van der Waals surface area contributed by atoms with E-state index < -0.39 is 0 Å². The Hall–Kier alpha value is -1.29. The van der Waals surface area contributed by atoms with Crippen molar-refractivity contribution in [3.05, 3.63) is 34.9 Å². The van der Waals surface area contributed by atoms with Gasteiger partial charge in [0.25, 0.3) is 0 Å². The molecule has 0 bridgehead atoms. The molecule has 0 amide bonds. The van der Waals surface area contributed by atoms with E-state index in [0.717, 1.165) is 16.7 Å². The second-order valence-corrected chi connectivity index (χ2v) is 5.02. The lowest BCUT2D eigenvalue weighted by atomic mass is 10.0. The lowest BCUT2D eigenvalue weighted by Gasteiger charge is -2.06. The molecular weight excluding hydrogens is 248 g/mol. The van der Waals surface area contributed by atoms with Crippen LogP contribution in [0.4, 0.5) is 0 Å². The lowest BCUT2D eigenvalue weighted by Crippen LogP contribution is -2.10. The van der Waals surface area contributed by atoms with Gasteiger partial charge in [0.1, 0.15) is 0 Å². The summed E-state index contributed by atoms with van der Waals surface area (Å²) in [6.45, 7) is 6.07. The van der Waals surface area contributed by atoms with Gasteiger partial charge >= 0.3 is 5.97 Å². The molecule has 0 atom stereocenters. The SMILES string of the molecule is CCOC(=O)CSCC(=O)c1ccc(C)cc1C. The van der Waals surface area contributed by atoms with Crippen LogP contribution in [0.15, 0.2) is 18.2 Å². The van der Waals surface area contributed by atoms with E-state index in [1.165, 1.54) is 11.8 Å². The zero-order valence-electron chi connectivity index (χ0n) is 11.0. The van der Waals surface area contributed by atoms with Crippen LogP contribution in [0.5, 0.6) is 0 Å². The van der Waals surface area contributed by atoms with Crippen molar-refractivity contribution < 1.29 is 14.3 Å². The van der Waals surface area contributed by atoms with Crippen molar-refractivity contribution in [1.82, 2.24) is 0 Å². The first-order valence-corrected chi connectivity index (χ1v) is 7.04. The van der Waals surface area contributed by atoms with E-state index in [9.17, 15) is 9.59 Å². The van der Waals surface area contributed by atoms with Crippen molar-refractivity contribution in [3.63, 3.8) is 0 Å². The zero-order chi connectivity index (χ0) is 13.5. The zero-order valence-corrected chi connectivity index (χ0v) is 11.8. The summed E-state index contributed by atoms with van der Waals surface area (Å²) < 4.78 is 4.80. The molecular formula is C14H18O3S. The minimum Gasteiger partial charge on any atom is -0.465 e. The predicted molar refractivity (Wildman–Crippen MR) is 74.2 cm³/mol. The average Bonchev–Trinajstić information content (AvgIpc) is 2.29. The molecule has 0 unspecified atom stereocenters. The number of ether oxygens (including phenoxy) is 1. The number of rotatable bonds is 6. The highest BCUT2D eigenvalue weighted by atomic mass is 32.2. The number of ketones is 1. The number of thioether (sulfide) groups is 1. The second-order valence-electron chi connectivity index (χ2n) is 4.04. The minimum atomic E-state index is -0.268. The number of carbonyl (C=O) groups is 2. The van der Waals surface area contributed by atoms with E-state index in [1.54, 1.807) is 6.92 Å². The van der Waals surface area contributed by atoms with Crippen LogP contribution < -0.4 is 0 Å². The average molecular weight is 266 g/mol. The van der Waals surface area contributed by atoms with Crippen molar-refractivity contribution >= 4 is 23.5 Å². The third-order valence-electron chi connectivity index (χ3n) is 2.44. The van der Waals surface area contributed by atoms with Gasteiger partial charge in [-0.2, -0.15) is 0 Å². The van der Waals surface area contributed by atoms with E-state index in [2.05, 4.69) is 0 Å². The molecule has 0 saturated heterocycles. The Morgan fingerprint density at radius 2 is 1.94 bits per heavy atom. The fraction of sp³-hybridized carbons (Fsp3) is 0.429. The molecule has 18 heavy (non-hydrogen) atoms. The van der Waals surface area contributed by atoms with Gasteiger partial charge in [-0.05, 0) is 26.3 Å². The van der Waals surface area contributed by atoms with E-state index in [-0.39, 0.29) is 17.5 Å². The minimum absolute atomic E-state index is 0.0572. The molecule has 98 valence electrons. The second kappa shape index (κ2) is 7.21. The highest BCUT2D eigenvalue weighted by molar-refractivity contribution is 8.00. The Kier molecular flexibility index (Phi) is 5.92. The van der Waals surface area contributed by atoms with Crippen molar-refractivity contribution in [1.29, 1.82) is 0 Å². The quantitative estimate of drug-likeness (QED) is 0.586. The monoisotopic (exact) mass is 266 g/mol. The summed E-state index contributed by atoms with van der Waals surface area (Å²) in [5.74, 6) is 0.324. The molecule has 3 nitrogen and oxygen atoms in total. The molecule has 0 saturated carbocycles. The molecule has 4 heteroatoms. The van der Waals surface area contributed by atoms with Crippen LogP contribution in [-0.2, 0) is 9.53 Å². The standard InChI is InChI=1S/C14H18O3S/c1-4-17-14(16)9-18-8-13(15)12-6-5-10(2)7-11(12)3/h5-7H,4,8-9H2,1-3H3. The molecule has 0 aliphatic rings. The Balaban J connectivity index is 2.48. The first-order valence-electron chi connectivity index (χ1n) is 5.88. The third-order valence-corrected chi connectivity index (χ3v) is 3.35. The third kappa shape index (κ3) is 4.53. The number of carbonyl (C=O) groups excluding carboxylic acids is 2. The summed E-state index contributed by atoms with van der Waals surface area (Å²) in [7, 11) is 0. The van der Waals surface area contributed by atoms with Gasteiger partial charge in [0, 0.05) is 5.56 Å². The maximum atomic E-state index is 11.9. The van der Waals surface area contributed by atoms with Gasteiger partial charge in [0.05, 0.1) is 18.1 Å². The summed E-state index contributed by atoms with van der Waals surface area (Å²) >= 11 is 1.29. The van der Waals surface area contributed by atoms with Gasteiger partial charge in [-0.15, -0.1) is 11.8 Å². The number of aryl methyl sites for hydroxylation is 2. The molecule has 1 aromatic rings. The first kappa shape index (κ1) is 14.8. The molecule has 0 radical (unpaired) electrons. The molecule has 0 aromatic heterocycles. The van der Waals surface area contributed by atoms with Crippen molar-refractivity contribution in [2.24, 2.45) is 0 Å². The maximum absolute atomic E-state index is 11.9. The first-order chi connectivity index (χ1) is 8.54. The Bertz CT molecular complexity index is 441. The van der Waals surface area contributed by atoms with Crippen molar-refractivity contribution in [2.75, 3.05) is 18.1 Å². The largest absolute Gasteiger partial charge is 0.465 e. The molecule has 0 fully saturated rings. The predicted octanol–water partition coefficient (Wildman–Crippen LogP) is 2.78. The van der Waals surface area contributed by atoms with Crippen LogP contribution in [0.3, 0.4) is 0 Å². The van der Waals surface area contributed by atoms with Gasteiger partial charge < -0.3 is 4.74 Å². The van der Waals surface area contributed by atoms with Gasteiger partial charge in [-0.1, -0.05) is 23.8 Å². The normalized spacial score (nSPS) is 10.2. The maximum Gasteiger partial charge on any atom is 0.315 e. The topological polar surface area (TPSA) is 43.4 Å². The van der Waals surface area contributed by atoms with E-state index in [1.807, 2.05) is 32.0 Å². The van der Waals surface area contributed by atoms with Gasteiger partial charge in [0.2, 0.25) is 0 Å². The van der Waals surface area contributed by atoms with Gasteiger partial charge in [-0.3, -0.25) is 9.59 Å². The molecule has 1 rings (SSSR count). The number of hydrogen-bond donors (Lipinski definition) is 0. The molecule has 0 N–H and O–H groups in total. The fourth-order valence-electron chi connectivity index (χ4n) is 1.63. The number of hydrogen-bond acceptors (Lipinski definition) is 4. The number of Topliss-reactive ketones (excluding diaryl/α,β-unsaturated/α-hetero) is 1. The Morgan fingerprint density at radius 3 is 2.56 bits per heavy atom. The summed E-state index contributed by atoms with van der Waals surface area (Å²) in [6, 6.07) is 5.76. The Labute approximate surface area is 112 Å². The van der Waals surface area contributed by atoms with E-state index >= 15 is 0 Å². The van der Waals surface area contributed by atoms with Crippen LogP contribution >= 0.6 is 11.8 Å². The van der Waals surface area contributed by atoms with E-state index in [4.69, 9.17) is 4.74 Å². The summed E-state index contributed by atoms with van der Waals surface area (Å²) in [4.78, 5) is 23.1. The highest BCUT2D eigenvalue weighted by Gasteiger charge is 2.10. The lowest BCUT2D eigenvalue weighted by molar-refractivity contribution is -0.139. The number of esters is 1. The van der Waals surface area contributed by atoms with Crippen LogP contribution in [0, 0.1) is 13.8 Å². The molecule has 0 spiro atoms. The molecule has 1 aromatic carbocycles. The highest BCUT2D eigenvalue weighted by Crippen LogP contribution is 2.14. The van der Waals surface area contributed by atoms with Crippen LogP contribution in [0.25, 0.3) is 0 Å². The Morgan fingerprint density at radius 1 is 1.22 bits per heavy atom. The molecule has 0 aliphatic carbocycles. The van der Waals surface area contributed by atoms with E-state index in [0.29, 0.717) is 12.4 Å². The summed E-state index contributed by atoms with van der Waals surface area (Å²) in [5, 5.41) is 0.